The van der Waals surface area contributed by atoms with Crippen molar-refractivity contribution in [3.05, 3.63) is 30.2 Å². The number of carbonyl (C=O) groups is 1. The van der Waals surface area contributed by atoms with E-state index in [2.05, 4.69) is 9.97 Å². The predicted molar refractivity (Wildman–Crippen MR) is 54.6 cm³/mol. The van der Waals surface area contributed by atoms with Gasteiger partial charge in [-0.25, -0.2) is 9.97 Å². The van der Waals surface area contributed by atoms with Gasteiger partial charge in [-0.3, -0.25) is 4.79 Å². The summed E-state index contributed by atoms with van der Waals surface area (Å²) in [5.41, 5.74) is 6.21. The number of nitrogens with two attached hydrogens (primary N) is 1. The van der Waals surface area contributed by atoms with Crippen molar-refractivity contribution in [3.63, 3.8) is 0 Å². The summed E-state index contributed by atoms with van der Waals surface area (Å²) in [5.74, 6) is -0.0998. The van der Waals surface area contributed by atoms with Crippen LogP contribution in [0.3, 0.4) is 0 Å². The third-order valence-electron chi connectivity index (χ3n) is 2.09. The van der Waals surface area contributed by atoms with Crippen LogP contribution in [0.5, 0.6) is 5.75 Å². The molecule has 0 aliphatic rings. The average Bonchev–Trinajstić information content (AvgIpc) is 2.27. The number of rotatable bonds is 2. The Morgan fingerprint density at radius 3 is 2.93 bits per heavy atom. The predicted octanol–water partition coefficient (Wildman–Crippen LogP) is 0.737. The molecule has 2 aromatic rings. The first-order chi connectivity index (χ1) is 7.22. The van der Waals surface area contributed by atoms with Gasteiger partial charge in [0.2, 0.25) is 0 Å². The SMILES string of the molecule is COc1cc2cncnc2cc1C(N)=O. The molecule has 2 N–H and O–H groups in total. The van der Waals surface area contributed by atoms with Gasteiger partial charge in [0, 0.05) is 11.6 Å². The Morgan fingerprint density at radius 2 is 2.27 bits per heavy atom. The molecule has 0 saturated carbocycles. The minimum absolute atomic E-state index is 0.323. The van der Waals surface area contributed by atoms with Gasteiger partial charge in [-0.05, 0) is 12.1 Å². The minimum Gasteiger partial charge on any atom is -0.496 e. The summed E-state index contributed by atoms with van der Waals surface area (Å²) in [6, 6.07) is 3.29. The lowest BCUT2D eigenvalue weighted by Gasteiger charge is -2.06. The van der Waals surface area contributed by atoms with Crippen LogP contribution in [0.1, 0.15) is 10.4 Å². The van der Waals surface area contributed by atoms with Gasteiger partial charge in [0.25, 0.3) is 5.91 Å². The molecule has 15 heavy (non-hydrogen) atoms. The summed E-state index contributed by atoms with van der Waals surface area (Å²) in [5, 5.41) is 0.805. The third-order valence-corrected chi connectivity index (χ3v) is 2.09. The number of amides is 1. The van der Waals surface area contributed by atoms with Crippen LogP contribution >= 0.6 is 0 Å². The largest absolute Gasteiger partial charge is 0.496 e. The van der Waals surface area contributed by atoms with E-state index in [1.54, 1.807) is 18.3 Å². The van der Waals surface area contributed by atoms with Crippen LogP contribution < -0.4 is 10.5 Å². The molecule has 1 amide bonds. The normalized spacial score (nSPS) is 10.2. The first-order valence-corrected chi connectivity index (χ1v) is 4.30. The number of ether oxygens (including phenoxy) is 1. The molecule has 0 unspecified atom stereocenters. The van der Waals surface area contributed by atoms with E-state index in [9.17, 15) is 4.79 Å². The molecule has 0 atom stereocenters. The van der Waals surface area contributed by atoms with Crippen LogP contribution in [0, 0.1) is 0 Å². The summed E-state index contributed by atoms with van der Waals surface area (Å²) in [6.45, 7) is 0. The molecule has 1 aromatic heterocycles. The number of benzene rings is 1. The minimum atomic E-state index is -0.535. The summed E-state index contributed by atoms with van der Waals surface area (Å²) in [7, 11) is 1.48. The number of primary amides is 1. The fourth-order valence-corrected chi connectivity index (χ4v) is 1.37. The first-order valence-electron chi connectivity index (χ1n) is 4.30. The van der Waals surface area contributed by atoms with Crippen LogP contribution in [-0.4, -0.2) is 23.0 Å². The summed E-state index contributed by atoms with van der Waals surface area (Å²) in [4.78, 5) is 19.0. The quantitative estimate of drug-likeness (QED) is 0.780. The lowest BCUT2D eigenvalue weighted by Crippen LogP contribution is -2.12. The van der Waals surface area contributed by atoms with Crippen LogP contribution in [0.4, 0.5) is 0 Å². The molecular formula is C10H9N3O2. The molecular weight excluding hydrogens is 194 g/mol. The van der Waals surface area contributed by atoms with Gasteiger partial charge in [-0.15, -0.1) is 0 Å². The smallest absolute Gasteiger partial charge is 0.252 e. The van der Waals surface area contributed by atoms with Gasteiger partial charge in [0.05, 0.1) is 18.2 Å². The monoisotopic (exact) mass is 203 g/mol. The van der Waals surface area contributed by atoms with Crippen molar-refractivity contribution in [2.24, 2.45) is 5.73 Å². The van der Waals surface area contributed by atoms with Gasteiger partial charge in [0.1, 0.15) is 12.1 Å². The second-order valence-electron chi connectivity index (χ2n) is 3.00. The molecule has 0 spiro atoms. The van der Waals surface area contributed by atoms with E-state index in [0.29, 0.717) is 16.8 Å². The lowest BCUT2D eigenvalue weighted by molar-refractivity contribution is 0.0997. The molecule has 0 fully saturated rings. The molecule has 1 heterocycles. The molecule has 0 bridgehead atoms. The Labute approximate surface area is 85.9 Å². The van der Waals surface area contributed by atoms with E-state index in [0.717, 1.165) is 5.39 Å². The van der Waals surface area contributed by atoms with Crippen molar-refractivity contribution in [1.82, 2.24) is 9.97 Å². The van der Waals surface area contributed by atoms with Crippen molar-refractivity contribution < 1.29 is 9.53 Å². The molecule has 0 radical (unpaired) electrons. The maximum Gasteiger partial charge on any atom is 0.252 e. The molecule has 2 rings (SSSR count). The van der Waals surface area contributed by atoms with Gasteiger partial charge in [-0.2, -0.15) is 0 Å². The Balaban J connectivity index is 2.74. The second kappa shape index (κ2) is 3.53. The van der Waals surface area contributed by atoms with E-state index in [-0.39, 0.29) is 0 Å². The summed E-state index contributed by atoms with van der Waals surface area (Å²) >= 11 is 0. The maximum absolute atomic E-state index is 11.1. The zero-order chi connectivity index (χ0) is 10.8. The topological polar surface area (TPSA) is 78.1 Å². The zero-order valence-electron chi connectivity index (χ0n) is 8.10. The number of nitrogens with zero attached hydrogens (tertiary/aromatic N) is 2. The number of hydrogen-bond acceptors (Lipinski definition) is 4. The fourth-order valence-electron chi connectivity index (χ4n) is 1.37. The summed E-state index contributed by atoms with van der Waals surface area (Å²) < 4.78 is 5.06. The van der Waals surface area contributed by atoms with E-state index in [4.69, 9.17) is 10.5 Å². The number of carbonyl (C=O) groups excluding carboxylic acids is 1. The van der Waals surface area contributed by atoms with E-state index in [1.807, 2.05) is 0 Å². The highest BCUT2D eigenvalue weighted by atomic mass is 16.5. The fraction of sp³-hybridized carbons (Fsp3) is 0.100. The van der Waals surface area contributed by atoms with E-state index < -0.39 is 5.91 Å². The highest BCUT2D eigenvalue weighted by Gasteiger charge is 2.10. The molecule has 1 aromatic carbocycles. The Bertz CT molecular complexity index is 525. The number of hydrogen-bond donors (Lipinski definition) is 1. The van der Waals surface area contributed by atoms with Crippen molar-refractivity contribution in [2.45, 2.75) is 0 Å². The van der Waals surface area contributed by atoms with Gasteiger partial charge in [0.15, 0.2) is 0 Å². The second-order valence-corrected chi connectivity index (χ2v) is 3.00. The molecule has 0 aliphatic heterocycles. The first kappa shape index (κ1) is 9.39. The third kappa shape index (κ3) is 1.59. The lowest BCUT2D eigenvalue weighted by atomic mass is 10.1. The highest BCUT2D eigenvalue weighted by Crippen LogP contribution is 2.23. The molecule has 5 nitrogen and oxygen atoms in total. The molecule has 0 saturated heterocycles. The van der Waals surface area contributed by atoms with Crippen LogP contribution in [-0.2, 0) is 0 Å². The number of methoxy groups -OCH3 is 1. The molecule has 76 valence electrons. The standard InChI is InChI=1S/C10H9N3O2/c1-15-9-2-6-4-12-5-13-8(6)3-7(9)10(11)14/h2-5H,1H3,(H2,11,14). The molecule has 0 aliphatic carbocycles. The average molecular weight is 203 g/mol. The van der Waals surface area contributed by atoms with Crippen LogP contribution in [0.15, 0.2) is 24.7 Å². The Hall–Kier alpha value is -2.17. The number of fused-ring (bicyclic) bond motifs is 1. The van der Waals surface area contributed by atoms with Gasteiger partial charge >= 0.3 is 0 Å². The Kier molecular flexibility index (Phi) is 2.21. The van der Waals surface area contributed by atoms with Gasteiger partial charge in [-0.1, -0.05) is 0 Å². The maximum atomic E-state index is 11.1. The Morgan fingerprint density at radius 1 is 1.47 bits per heavy atom. The summed E-state index contributed by atoms with van der Waals surface area (Å²) in [6.07, 6.45) is 3.06. The molecule has 5 heteroatoms. The van der Waals surface area contributed by atoms with Crippen molar-refractivity contribution >= 4 is 16.8 Å². The van der Waals surface area contributed by atoms with E-state index >= 15 is 0 Å². The zero-order valence-corrected chi connectivity index (χ0v) is 8.10. The van der Waals surface area contributed by atoms with Crippen LogP contribution in [0.2, 0.25) is 0 Å². The van der Waals surface area contributed by atoms with Crippen molar-refractivity contribution in [3.8, 4) is 5.75 Å². The van der Waals surface area contributed by atoms with E-state index in [1.165, 1.54) is 13.4 Å². The van der Waals surface area contributed by atoms with Crippen molar-refractivity contribution in [2.75, 3.05) is 7.11 Å². The van der Waals surface area contributed by atoms with Crippen LogP contribution in [0.25, 0.3) is 10.9 Å². The number of aromatic nitrogens is 2. The highest BCUT2D eigenvalue weighted by molar-refractivity contribution is 5.99. The van der Waals surface area contributed by atoms with Crippen molar-refractivity contribution in [1.29, 1.82) is 0 Å². The van der Waals surface area contributed by atoms with Gasteiger partial charge < -0.3 is 10.5 Å².